The highest BCUT2D eigenvalue weighted by molar-refractivity contribution is 5.69. The Morgan fingerprint density at radius 3 is 1.81 bits per heavy atom. The molecule has 13 nitrogen and oxygen atoms in total. The van der Waals surface area contributed by atoms with Crippen LogP contribution in [-0.4, -0.2) is 97.5 Å². The van der Waals surface area contributed by atoms with E-state index in [2.05, 4.69) is 0 Å². The van der Waals surface area contributed by atoms with Gasteiger partial charge in [-0.05, 0) is 0 Å². The Morgan fingerprint density at radius 2 is 1.32 bits per heavy atom. The second-order valence-electron chi connectivity index (χ2n) is 6.60. The predicted octanol–water partition coefficient (Wildman–Crippen LogP) is -0.870. The monoisotopic (exact) mass is 449 g/mol. The molecular formula is C18H27NO12. The number of esters is 4. The molecule has 176 valence electrons. The highest BCUT2D eigenvalue weighted by atomic mass is 16.8. The molecule has 31 heavy (non-hydrogen) atoms. The van der Waals surface area contributed by atoms with Gasteiger partial charge in [-0.25, -0.2) is 4.79 Å². The summed E-state index contributed by atoms with van der Waals surface area (Å²) in [6.45, 7) is 3.50. The Labute approximate surface area is 178 Å². The molecule has 0 radical (unpaired) electrons. The van der Waals surface area contributed by atoms with Crippen molar-refractivity contribution in [1.29, 1.82) is 0 Å². The lowest BCUT2D eigenvalue weighted by Crippen LogP contribution is -2.63. The van der Waals surface area contributed by atoms with Gasteiger partial charge in [-0.3, -0.25) is 19.2 Å². The second-order valence-corrected chi connectivity index (χ2v) is 6.60. The van der Waals surface area contributed by atoms with Crippen molar-refractivity contribution < 1.29 is 57.5 Å². The SMILES string of the molecule is CC(=O)OC[C@H]1O[C@@H](OC(=O)N(C)CCO)[C@H](OC(C)=O)[C@@H](OC(C)=O)[C@H]1OC(C)=O. The average Bonchev–Trinajstić information content (AvgIpc) is 2.63. The van der Waals surface area contributed by atoms with E-state index in [-0.39, 0.29) is 13.2 Å². The summed E-state index contributed by atoms with van der Waals surface area (Å²) < 4.78 is 31.3. The summed E-state index contributed by atoms with van der Waals surface area (Å²) in [5, 5.41) is 8.98. The molecular weight excluding hydrogens is 422 g/mol. The van der Waals surface area contributed by atoms with Crippen LogP contribution < -0.4 is 0 Å². The third kappa shape index (κ3) is 8.38. The first-order valence-electron chi connectivity index (χ1n) is 9.29. The Hall–Kier alpha value is -2.93. The van der Waals surface area contributed by atoms with E-state index in [9.17, 15) is 24.0 Å². The van der Waals surface area contributed by atoms with Gasteiger partial charge in [-0.15, -0.1) is 0 Å². The van der Waals surface area contributed by atoms with Crippen LogP contribution in [0.25, 0.3) is 0 Å². The van der Waals surface area contributed by atoms with Crippen molar-refractivity contribution in [2.75, 3.05) is 26.8 Å². The lowest BCUT2D eigenvalue weighted by molar-refractivity contribution is -0.295. The van der Waals surface area contributed by atoms with E-state index < -0.39 is 67.3 Å². The summed E-state index contributed by atoms with van der Waals surface area (Å²) in [7, 11) is 1.34. The third-order valence-corrected chi connectivity index (χ3v) is 3.91. The first-order valence-corrected chi connectivity index (χ1v) is 9.29. The van der Waals surface area contributed by atoms with Crippen LogP contribution in [0.1, 0.15) is 27.7 Å². The highest BCUT2D eigenvalue weighted by Crippen LogP contribution is 2.30. The normalized spacial score (nSPS) is 25.0. The Kier molecular flexibility index (Phi) is 10.1. The number of nitrogens with zero attached hydrogens (tertiary/aromatic N) is 1. The van der Waals surface area contributed by atoms with Gasteiger partial charge in [0.15, 0.2) is 12.2 Å². The smallest absolute Gasteiger partial charge is 0.412 e. The highest BCUT2D eigenvalue weighted by Gasteiger charge is 2.54. The number of aliphatic hydroxyl groups excluding tert-OH is 1. The van der Waals surface area contributed by atoms with Gasteiger partial charge < -0.3 is 38.4 Å². The van der Waals surface area contributed by atoms with E-state index in [1.165, 1.54) is 7.05 Å². The summed E-state index contributed by atoms with van der Waals surface area (Å²) in [4.78, 5) is 59.5. The molecule has 1 rings (SSSR count). The maximum atomic E-state index is 12.3. The molecule has 0 aromatic heterocycles. The van der Waals surface area contributed by atoms with Crippen LogP contribution in [0.3, 0.4) is 0 Å². The third-order valence-electron chi connectivity index (χ3n) is 3.91. The van der Waals surface area contributed by atoms with Crippen molar-refractivity contribution >= 4 is 30.0 Å². The molecule has 0 unspecified atom stereocenters. The maximum Gasteiger partial charge on any atom is 0.412 e. The molecule has 1 heterocycles. The van der Waals surface area contributed by atoms with E-state index in [0.29, 0.717) is 0 Å². The molecule has 1 saturated heterocycles. The molecule has 0 aliphatic carbocycles. The molecule has 0 saturated carbocycles. The maximum absolute atomic E-state index is 12.3. The molecule has 13 heteroatoms. The number of carbonyl (C=O) groups is 5. The molecule has 0 spiro atoms. The van der Waals surface area contributed by atoms with Crippen LogP contribution in [-0.2, 0) is 47.6 Å². The minimum absolute atomic E-state index is 0.0654. The summed E-state index contributed by atoms with van der Waals surface area (Å²) in [6, 6.07) is 0. The number of hydrogen-bond donors (Lipinski definition) is 1. The number of rotatable bonds is 8. The van der Waals surface area contributed by atoms with Gasteiger partial charge in [0.25, 0.3) is 0 Å². The van der Waals surface area contributed by atoms with Gasteiger partial charge in [0.05, 0.1) is 6.61 Å². The number of carbonyl (C=O) groups excluding carboxylic acids is 5. The van der Waals surface area contributed by atoms with Crippen LogP contribution >= 0.6 is 0 Å². The van der Waals surface area contributed by atoms with E-state index in [4.69, 9.17) is 33.5 Å². The van der Waals surface area contributed by atoms with Gasteiger partial charge in [0, 0.05) is 41.3 Å². The minimum atomic E-state index is -1.62. The topological polar surface area (TPSA) is 164 Å². The lowest BCUT2D eigenvalue weighted by atomic mass is 9.98. The fourth-order valence-electron chi connectivity index (χ4n) is 2.71. The van der Waals surface area contributed by atoms with E-state index in [0.717, 1.165) is 32.6 Å². The first kappa shape index (κ1) is 26.1. The van der Waals surface area contributed by atoms with Crippen molar-refractivity contribution in [3.8, 4) is 0 Å². The van der Waals surface area contributed by atoms with E-state index in [1.54, 1.807) is 0 Å². The number of likely N-dealkylation sites (N-methyl/N-ethyl adjacent to an activating group) is 1. The molecule has 0 aromatic rings. The molecule has 1 amide bonds. The fraction of sp³-hybridized carbons (Fsp3) is 0.722. The molecule has 0 bridgehead atoms. The lowest BCUT2D eigenvalue weighted by Gasteiger charge is -2.43. The fourth-order valence-corrected chi connectivity index (χ4v) is 2.71. The average molecular weight is 449 g/mol. The predicted molar refractivity (Wildman–Crippen MR) is 98.2 cm³/mol. The van der Waals surface area contributed by atoms with Crippen molar-refractivity contribution in [3.63, 3.8) is 0 Å². The Morgan fingerprint density at radius 1 is 0.806 bits per heavy atom. The summed E-state index contributed by atoms with van der Waals surface area (Å²) in [5.41, 5.74) is 0. The van der Waals surface area contributed by atoms with Gasteiger partial charge in [0.1, 0.15) is 12.7 Å². The minimum Gasteiger partial charge on any atom is -0.463 e. The largest absolute Gasteiger partial charge is 0.463 e. The van der Waals surface area contributed by atoms with Crippen LogP contribution in [0.5, 0.6) is 0 Å². The van der Waals surface area contributed by atoms with Crippen LogP contribution in [0, 0.1) is 0 Å². The zero-order chi connectivity index (χ0) is 23.7. The summed E-state index contributed by atoms with van der Waals surface area (Å²) >= 11 is 0. The van der Waals surface area contributed by atoms with Gasteiger partial charge in [-0.1, -0.05) is 0 Å². The standard InChI is InChI=1S/C18H27NO12/c1-9(21)26-8-13-14(27-10(2)22)15(28-11(3)23)16(29-12(4)24)17(30-13)31-18(25)19(5)6-7-20/h13-17,20H,6-8H2,1-5H3/t13-,14+,15+,16-,17+/m1/s1. The molecule has 5 atom stereocenters. The quantitative estimate of drug-likeness (QED) is 0.360. The molecule has 1 fully saturated rings. The Bertz CT molecular complexity index is 680. The second kappa shape index (κ2) is 12.1. The van der Waals surface area contributed by atoms with Crippen LogP contribution in [0.15, 0.2) is 0 Å². The van der Waals surface area contributed by atoms with Crippen molar-refractivity contribution in [1.82, 2.24) is 4.90 Å². The van der Waals surface area contributed by atoms with Crippen molar-refractivity contribution in [2.24, 2.45) is 0 Å². The molecule has 0 aromatic carbocycles. The summed E-state index contributed by atoms with van der Waals surface area (Å²) in [6.07, 6.45) is -8.10. The first-order chi connectivity index (χ1) is 14.5. The van der Waals surface area contributed by atoms with Gasteiger partial charge in [-0.2, -0.15) is 0 Å². The number of hydrogen-bond acceptors (Lipinski definition) is 12. The van der Waals surface area contributed by atoms with Crippen molar-refractivity contribution in [3.05, 3.63) is 0 Å². The number of ether oxygens (including phenoxy) is 6. The molecule has 1 aliphatic heterocycles. The zero-order valence-corrected chi connectivity index (χ0v) is 17.9. The van der Waals surface area contributed by atoms with Crippen molar-refractivity contribution in [2.45, 2.75) is 58.4 Å². The molecule has 1 N–H and O–H groups in total. The van der Waals surface area contributed by atoms with E-state index >= 15 is 0 Å². The van der Waals surface area contributed by atoms with Gasteiger partial charge in [0.2, 0.25) is 12.4 Å². The van der Waals surface area contributed by atoms with E-state index in [1.807, 2.05) is 0 Å². The van der Waals surface area contributed by atoms with Gasteiger partial charge >= 0.3 is 30.0 Å². The summed E-state index contributed by atoms with van der Waals surface area (Å²) in [5.74, 6) is -3.09. The molecule has 1 aliphatic rings. The van der Waals surface area contributed by atoms with Crippen LogP contribution in [0.4, 0.5) is 4.79 Å². The number of aliphatic hydroxyl groups is 1. The number of amides is 1. The van der Waals surface area contributed by atoms with Crippen LogP contribution in [0.2, 0.25) is 0 Å². The zero-order valence-electron chi connectivity index (χ0n) is 17.9. The Balaban J connectivity index is 3.32.